The van der Waals surface area contributed by atoms with Crippen molar-refractivity contribution in [2.24, 2.45) is 0 Å². The minimum Gasteiger partial charge on any atom is -0.399 e. The minimum atomic E-state index is -0.380. The molecule has 5 heteroatoms. The molecule has 0 bridgehead atoms. The zero-order chi connectivity index (χ0) is 13.6. The Bertz CT molecular complexity index is 441. The third-order valence-corrected chi connectivity index (χ3v) is 1.95. The molecule has 0 atom stereocenters. The Morgan fingerprint density at radius 3 is 1.71 bits per heavy atom. The SMILES string of the molecule is CC(=O)C(C)=O.CC(=O)c1cc(N)ccc1N. The molecular weight excluding hydrogens is 220 g/mol. The van der Waals surface area contributed by atoms with E-state index in [0.717, 1.165) is 0 Å². The van der Waals surface area contributed by atoms with Gasteiger partial charge in [0, 0.05) is 30.8 Å². The van der Waals surface area contributed by atoms with E-state index in [9.17, 15) is 14.4 Å². The lowest BCUT2D eigenvalue weighted by atomic mass is 10.1. The summed E-state index contributed by atoms with van der Waals surface area (Å²) in [4.78, 5) is 30.5. The molecule has 92 valence electrons. The molecule has 0 saturated heterocycles. The van der Waals surface area contributed by atoms with Gasteiger partial charge in [-0.25, -0.2) is 0 Å². The van der Waals surface area contributed by atoms with Crippen LogP contribution in [0.2, 0.25) is 0 Å². The highest BCUT2D eigenvalue weighted by molar-refractivity contribution is 6.35. The van der Waals surface area contributed by atoms with Gasteiger partial charge in [-0.2, -0.15) is 0 Å². The van der Waals surface area contributed by atoms with Crippen LogP contribution >= 0.6 is 0 Å². The van der Waals surface area contributed by atoms with E-state index in [-0.39, 0.29) is 17.3 Å². The van der Waals surface area contributed by atoms with E-state index in [1.807, 2.05) is 0 Å². The number of benzene rings is 1. The van der Waals surface area contributed by atoms with E-state index < -0.39 is 0 Å². The second-order valence-electron chi connectivity index (χ2n) is 3.52. The molecule has 1 aromatic rings. The van der Waals surface area contributed by atoms with Gasteiger partial charge in [0.05, 0.1) is 0 Å². The van der Waals surface area contributed by atoms with Crippen LogP contribution in [-0.2, 0) is 9.59 Å². The van der Waals surface area contributed by atoms with Crippen LogP contribution < -0.4 is 11.5 Å². The van der Waals surface area contributed by atoms with Gasteiger partial charge in [-0.05, 0) is 25.1 Å². The lowest BCUT2D eigenvalue weighted by molar-refractivity contribution is -0.134. The molecule has 0 spiro atoms. The predicted molar refractivity (Wildman–Crippen MR) is 66.6 cm³/mol. The van der Waals surface area contributed by atoms with Gasteiger partial charge in [0.1, 0.15) is 0 Å². The number of rotatable bonds is 2. The largest absolute Gasteiger partial charge is 0.399 e. The van der Waals surface area contributed by atoms with Crippen LogP contribution in [-0.4, -0.2) is 17.3 Å². The summed E-state index contributed by atoms with van der Waals surface area (Å²) in [6, 6.07) is 4.88. The maximum Gasteiger partial charge on any atom is 0.195 e. The molecule has 0 aliphatic heterocycles. The van der Waals surface area contributed by atoms with Crippen molar-refractivity contribution in [2.75, 3.05) is 11.5 Å². The van der Waals surface area contributed by atoms with Crippen molar-refractivity contribution in [2.45, 2.75) is 20.8 Å². The number of carbonyl (C=O) groups excluding carboxylic acids is 3. The van der Waals surface area contributed by atoms with E-state index >= 15 is 0 Å². The third kappa shape index (κ3) is 5.46. The first-order chi connectivity index (χ1) is 7.75. The van der Waals surface area contributed by atoms with Crippen molar-refractivity contribution in [1.82, 2.24) is 0 Å². The van der Waals surface area contributed by atoms with Crippen LogP contribution in [0.5, 0.6) is 0 Å². The summed E-state index contributed by atoms with van der Waals surface area (Å²) in [6.07, 6.45) is 0. The second kappa shape index (κ2) is 6.42. The molecular formula is C12H16N2O3. The monoisotopic (exact) mass is 236 g/mol. The summed E-state index contributed by atoms with van der Waals surface area (Å²) in [5.74, 6) is -0.820. The number of Topliss-reactive ketones (excluding diaryl/α,β-unsaturated/α-hetero) is 3. The highest BCUT2D eigenvalue weighted by atomic mass is 16.2. The first-order valence-corrected chi connectivity index (χ1v) is 4.93. The number of hydrogen-bond donors (Lipinski definition) is 2. The number of nitrogen functional groups attached to an aromatic ring is 2. The van der Waals surface area contributed by atoms with Crippen molar-refractivity contribution in [3.05, 3.63) is 23.8 Å². The number of hydrogen-bond acceptors (Lipinski definition) is 5. The highest BCUT2D eigenvalue weighted by Gasteiger charge is 2.03. The molecule has 0 saturated carbocycles. The van der Waals surface area contributed by atoms with Gasteiger partial charge >= 0.3 is 0 Å². The van der Waals surface area contributed by atoms with Crippen molar-refractivity contribution < 1.29 is 14.4 Å². The number of nitrogens with two attached hydrogens (primary N) is 2. The van der Waals surface area contributed by atoms with Crippen molar-refractivity contribution in [3.63, 3.8) is 0 Å². The molecule has 0 fully saturated rings. The zero-order valence-corrected chi connectivity index (χ0v) is 10.1. The molecule has 4 N–H and O–H groups in total. The summed E-state index contributed by atoms with van der Waals surface area (Å²) < 4.78 is 0. The summed E-state index contributed by atoms with van der Waals surface area (Å²) in [5, 5.41) is 0. The molecule has 0 heterocycles. The van der Waals surface area contributed by atoms with E-state index in [1.165, 1.54) is 20.8 Å². The van der Waals surface area contributed by atoms with Crippen molar-refractivity contribution in [3.8, 4) is 0 Å². The maximum atomic E-state index is 10.9. The van der Waals surface area contributed by atoms with Gasteiger partial charge < -0.3 is 11.5 Å². The first-order valence-electron chi connectivity index (χ1n) is 4.93. The Morgan fingerprint density at radius 1 is 0.941 bits per heavy atom. The van der Waals surface area contributed by atoms with E-state index in [4.69, 9.17) is 11.5 Å². The lowest BCUT2D eigenvalue weighted by Gasteiger charge is -2.01. The van der Waals surface area contributed by atoms with Gasteiger partial charge in [-0.15, -0.1) is 0 Å². The highest BCUT2D eigenvalue weighted by Crippen LogP contribution is 2.15. The van der Waals surface area contributed by atoms with Gasteiger partial charge in [0.25, 0.3) is 0 Å². The predicted octanol–water partition coefficient (Wildman–Crippen LogP) is 1.22. The quantitative estimate of drug-likeness (QED) is 0.456. The van der Waals surface area contributed by atoms with E-state index in [0.29, 0.717) is 16.9 Å². The van der Waals surface area contributed by atoms with Gasteiger partial charge in [0.15, 0.2) is 17.3 Å². The van der Waals surface area contributed by atoms with Gasteiger partial charge in [0.2, 0.25) is 0 Å². The second-order valence-corrected chi connectivity index (χ2v) is 3.52. The van der Waals surface area contributed by atoms with Crippen LogP contribution in [0.25, 0.3) is 0 Å². The Kier molecular flexibility index (Phi) is 5.60. The van der Waals surface area contributed by atoms with Crippen LogP contribution in [0, 0.1) is 0 Å². The Morgan fingerprint density at radius 2 is 1.41 bits per heavy atom. The van der Waals surface area contributed by atoms with Crippen LogP contribution in [0.1, 0.15) is 31.1 Å². The van der Waals surface area contributed by atoms with Crippen LogP contribution in [0.15, 0.2) is 18.2 Å². The van der Waals surface area contributed by atoms with Crippen LogP contribution in [0.4, 0.5) is 11.4 Å². The van der Waals surface area contributed by atoms with Crippen molar-refractivity contribution >= 4 is 28.7 Å². The van der Waals surface area contributed by atoms with E-state index in [2.05, 4.69) is 0 Å². The fraction of sp³-hybridized carbons (Fsp3) is 0.250. The van der Waals surface area contributed by atoms with E-state index in [1.54, 1.807) is 18.2 Å². The average Bonchev–Trinajstić information content (AvgIpc) is 2.22. The summed E-state index contributed by atoms with van der Waals surface area (Å²) >= 11 is 0. The molecule has 0 aliphatic carbocycles. The fourth-order valence-electron chi connectivity index (χ4n) is 0.879. The fourth-order valence-corrected chi connectivity index (χ4v) is 0.879. The molecule has 5 nitrogen and oxygen atoms in total. The number of ketones is 3. The topological polar surface area (TPSA) is 103 Å². The molecule has 0 amide bonds. The lowest BCUT2D eigenvalue weighted by Crippen LogP contribution is -2.01. The van der Waals surface area contributed by atoms with Crippen molar-refractivity contribution in [1.29, 1.82) is 0 Å². The Balaban J connectivity index is 0.000000366. The molecule has 0 aliphatic rings. The molecule has 1 aromatic carbocycles. The van der Waals surface area contributed by atoms with Crippen LogP contribution in [0.3, 0.4) is 0 Å². The molecule has 0 unspecified atom stereocenters. The average molecular weight is 236 g/mol. The third-order valence-electron chi connectivity index (χ3n) is 1.95. The molecule has 0 radical (unpaired) electrons. The standard InChI is InChI=1S/C8H10N2O.C4H6O2/c1-5(11)7-4-6(9)2-3-8(7)10;1-3(5)4(2)6/h2-4H,9-10H2,1H3;1-2H3. The zero-order valence-electron chi connectivity index (χ0n) is 10.1. The smallest absolute Gasteiger partial charge is 0.195 e. The van der Waals surface area contributed by atoms with Gasteiger partial charge in [-0.3, -0.25) is 14.4 Å². The normalized spacial score (nSPS) is 8.88. The summed E-state index contributed by atoms with van der Waals surface area (Å²) in [6.45, 7) is 3.97. The molecule has 0 aromatic heterocycles. The molecule has 17 heavy (non-hydrogen) atoms. The molecule has 1 rings (SSSR count). The Hall–Kier alpha value is -2.17. The first kappa shape index (κ1) is 14.8. The number of carbonyl (C=O) groups is 3. The summed E-state index contributed by atoms with van der Waals surface area (Å²) in [7, 11) is 0. The van der Waals surface area contributed by atoms with Gasteiger partial charge in [-0.1, -0.05) is 0 Å². The maximum absolute atomic E-state index is 10.9. The Labute approximate surface area is 99.8 Å². The summed E-state index contributed by atoms with van der Waals surface area (Å²) in [5.41, 5.74) is 12.5. The minimum absolute atomic E-state index is 0.0604. The number of anilines is 2.